The largest absolute Gasteiger partial charge is 0.481 e. The zero-order valence-electron chi connectivity index (χ0n) is 26.1. The smallest absolute Gasteiger partial charge is 0.316 e. The third-order valence-electron chi connectivity index (χ3n) is 8.11. The number of nitrogens with one attached hydrogen (secondary N) is 3. The third-order valence-corrected chi connectivity index (χ3v) is 8.90. The number of rotatable bonds is 12. The molecule has 0 spiro atoms. The molecule has 1 aromatic carbocycles. The second-order valence-corrected chi connectivity index (χ2v) is 11.8. The summed E-state index contributed by atoms with van der Waals surface area (Å²) in [7, 11) is 4.87. The van der Waals surface area contributed by atoms with E-state index in [2.05, 4.69) is 26.0 Å². The minimum Gasteiger partial charge on any atom is -0.481 e. The quantitative estimate of drug-likeness (QED) is 0.178. The van der Waals surface area contributed by atoms with Gasteiger partial charge in [-0.25, -0.2) is 9.50 Å². The molecule has 14 heteroatoms. The topological polar surface area (TPSA) is 137 Å². The summed E-state index contributed by atoms with van der Waals surface area (Å²) in [6.07, 6.45) is 4.74. The highest BCUT2D eigenvalue weighted by atomic mass is 35.5. The van der Waals surface area contributed by atoms with E-state index in [1.165, 1.54) is 16.2 Å². The molecular formula is C33H34Cl2N8O4. The van der Waals surface area contributed by atoms with Gasteiger partial charge in [0.1, 0.15) is 5.52 Å². The van der Waals surface area contributed by atoms with Crippen LogP contribution in [-0.2, 0) is 17.9 Å². The highest BCUT2D eigenvalue weighted by Crippen LogP contribution is 2.41. The van der Waals surface area contributed by atoms with Gasteiger partial charge in [0.05, 0.1) is 35.7 Å². The van der Waals surface area contributed by atoms with Gasteiger partial charge in [-0.1, -0.05) is 47.5 Å². The SMILES string of the molecule is CNCCn1c(OC)nn2cc(-c3nccc(-c4cccc(-c5ccc(CNC[C@H]6CCC(=O)N6)c(OC)n5)c4Cl)c3Cl)cc2c1=O. The summed E-state index contributed by atoms with van der Waals surface area (Å²) in [5.41, 5.74) is 4.81. The summed E-state index contributed by atoms with van der Waals surface area (Å²) < 4.78 is 14.0. The Morgan fingerprint density at radius 2 is 1.85 bits per heavy atom. The van der Waals surface area contributed by atoms with E-state index >= 15 is 0 Å². The van der Waals surface area contributed by atoms with Crippen molar-refractivity contribution in [2.24, 2.45) is 0 Å². The third kappa shape index (κ3) is 6.54. The number of amides is 1. The van der Waals surface area contributed by atoms with Crippen LogP contribution in [0.25, 0.3) is 39.2 Å². The predicted octanol–water partition coefficient (Wildman–Crippen LogP) is 4.20. The summed E-state index contributed by atoms with van der Waals surface area (Å²) in [5, 5.41) is 14.7. The normalized spacial score (nSPS) is 14.5. The van der Waals surface area contributed by atoms with Crippen molar-refractivity contribution >= 4 is 34.6 Å². The number of pyridine rings is 2. The van der Waals surface area contributed by atoms with Crippen molar-refractivity contribution < 1.29 is 14.3 Å². The maximum absolute atomic E-state index is 13.3. The lowest BCUT2D eigenvalue weighted by Gasteiger charge is -2.15. The molecule has 5 heterocycles. The second-order valence-electron chi connectivity index (χ2n) is 11.1. The first kappa shape index (κ1) is 32.5. The zero-order valence-corrected chi connectivity index (χ0v) is 27.7. The molecule has 0 unspecified atom stereocenters. The van der Waals surface area contributed by atoms with E-state index in [1.54, 1.807) is 31.6 Å². The standard InChI is InChI=1S/C33H34Cl2N8O4/c1-36-13-14-42-32(45)26-15-20(18-43(26)41-33(42)47-3)30-29(35)23(11-12-38-30)22-5-4-6-24(28(22)34)25-9-7-19(31(40-25)46-2)16-37-17-21-8-10-27(44)39-21/h4-7,9,11-12,15,18,21,36-37H,8,10,13-14,16-17H2,1-3H3,(H,39,44)/t21-/m1/s1. The van der Waals surface area contributed by atoms with Crippen molar-refractivity contribution in [2.45, 2.75) is 32.0 Å². The van der Waals surface area contributed by atoms with Crippen LogP contribution in [-0.4, -0.2) is 70.5 Å². The Bertz CT molecular complexity index is 2010. The van der Waals surface area contributed by atoms with Crippen LogP contribution in [0.2, 0.25) is 10.0 Å². The van der Waals surface area contributed by atoms with Crippen LogP contribution in [0.15, 0.2) is 59.7 Å². The van der Waals surface area contributed by atoms with Gasteiger partial charge in [0.25, 0.3) is 5.56 Å². The lowest BCUT2D eigenvalue weighted by Crippen LogP contribution is -2.35. The molecule has 1 aliphatic heterocycles. The van der Waals surface area contributed by atoms with Crippen molar-refractivity contribution in [3.05, 3.63) is 80.8 Å². The number of benzene rings is 1. The maximum Gasteiger partial charge on any atom is 0.316 e. The molecule has 12 nitrogen and oxygen atoms in total. The number of methoxy groups -OCH3 is 2. The van der Waals surface area contributed by atoms with E-state index in [4.69, 9.17) is 37.7 Å². The van der Waals surface area contributed by atoms with Crippen molar-refractivity contribution in [1.29, 1.82) is 0 Å². The number of hydrogen-bond acceptors (Lipinski definition) is 9. The minimum absolute atomic E-state index is 0.0899. The molecular weight excluding hydrogens is 643 g/mol. The Labute approximate surface area is 281 Å². The lowest BCUT2D eigenvalue weighted by atomic mass is 10.00. The molecule has 3 N–H and O–H groups in total. The van der Waals surface area contributed by atoms with Gasteiger partial charge in [0, 0.05) is 78.9 Å². The first-order valence-corrected chi connectivity index (χ1v) is 15.9. The minimum atomic E-state index is -0.242. The fraction of sp³-hybridized carbons (Fsp3) is 0.303. The van der Waals surface area contributed by atoms with Gasteiger partial charge < -0.3 is 25.4 Å². The molecule has 1 amide bonds. The summed E-state index contributed by atoms with van der Waals surface area (Å²) in [6.45, 7) is 2.17. The van der Waals surface area contributed by atoms with Crippen LogP contribution in [0.5, 0.6) is 11.9 Å². The first-order chi connectivity index (χ1) is 22.8. The molecule has 1 aliphatic rings. The number of halogens is 2. The van der Waals surface area contributed by atoms with Crippen molar-refractivity contribution in [3.63, 3.8) is 0 Å². The van der Waals surface area contributed by atoms with Crippen LogP contribution in [0.3, 0.4) is 0 Å². The number of aromatic nitrogens is 5. The van der Waals surface area contributed by atoms with Gasteiger partial charge in [0.2, 0.25) is 11.8 Å². The van der Waals surface area contributed by atoms with Gasteiger partial charge in [-0.15, -0.1) is 5.10 Å². The number of fused-ring (bicyclic) bond motifs is 1. The number of carbonyl (C=O) groups is 1. The van der Waals surface area contributed by atoms with Crippen LogP contribution in [0.4, 0.5) is 0 Å². The fourth-order valence-electron chi connectivity index (χ4n) is 5.70. The Kier molecular flexibility index (Phi) is 9.73. The first-order valence-electron chi connectivity index (χ1n) is 15.1. The van der Waals surface area contributed by atoms with E-state index in [-0.39, 0.29) is 23.5 Å². The number of carbonyl (C=O) groups excluding carboxylic acids is 1. The molecule has 0 radical (unpaired) electrons. The number of ether oxygens (including phenoxy) is 2. The van der Waals surface area contributed by atoms with E-state index in [1.807, 2.05) is 37.4 Å². The molecule has 0 saturated carbocycles. The highest BCUT2D eigenvalue weighted by molar-refractivity contribution is 6.39. The summed E-state index contributed by atoms with van der Waals surface area (Å²) in [4.78, 5) is 34.1. The fourth-order valence-corrected chi connectivity index (χ4v) is 6.35. The van der Waals surface area contributed by atoms with E-state index < -0.39 is 0 Å². The summed E-state index contributed by atoms with van der Waals surface area (Å²) >= 11 is 14.1. The van der Waals surface area contributed by atoms with Gasteiger partial charge in [0.15, 0.2) is 0 Å². The zero-order chi connectivity index (χ0) is 33.1. The number of likely N-dealkylation sites (N-methyl/N-ethyl adjacent to an activating group) is 1. The van der Waals surface area contributed by atoms with Crippen LogP contribution < -0.4 is 31.0 Å². The number of hydrogen-bond donors (Lipinski definition) is 3. The van der Waals surface area contributed by atoms with E-state index in [0.29, 0.717) is 87.7 Å². The Morgan fingerprint density at radius 1 is 1.04 bits per heavy atom. The average Bonchev–Trinajstić information content (AvgIpc) is 3.70. The second kappa shape index (κ2) is 14.1. The monoisotopic (exact) mass is 676 g/mol. The lowest BCUT2D eigenvalue weighted by molar-refractivity contribution is -0.119. The van der Waals surface area contributed by atoms with Gasteiger partial charge in [-0.3, -0.25) is 19.1 Å². The molecule has 1 saturated heterocycles. The van der Waals surface area contributed by atoms with Gasteiger partial charge in [-0.2, -0.15) is 0 Å². The van der Waals surface area contributed by atoms with Gasteiger partial charge >= 0.3 is 6.01 Å². The van der Waals surface area contributed by atoms with Crippen molar-refractivity contribution in [2.75, 3.05) is 34.4 Å². The van der Waals surface area contributed by atoms with Crippen molar-refractivity contribution in [3.8, 4) is 45.5 Å². The average molecular weight is 678 g/mol. The molecule has 47 heavy (non-hydrogen) atoms. The number of nitrogens with zero attached hydrogens (tertiary/aromatic N) is 5. The predicted molar refractivity (Wildman–Crippen MR) is 181 cm³/mol. The summed E-state index contributed by atoms with van der Waals surface area (Å²) in [6, 6.07) is 13.4. The molecule has 4 aromatic heterocycles. The van der Waals surface area contributed by atoms with Crippen LogP contribution in [0, 0.1) is 0 Å². The van der Waals surface area contributed by atoms with Crippen LogP contribution >= 0.6 is 23.2 Å². The molecule has 5 aromatic rings. The van der Waals surface area contributed by atoms with Crippen LogP contribution in [0.1, 0.15) is 18.4 Å². The van der Waals surface area contributed by atoms with Gasteiger partial charge in [-0.05, 0) is 31.7 Å². The van der Waals surface area contributed by atoms with E-state index in [9.17, 15) is 9.59 Å². The Balaban J connectivity index is 1.30. The highest BCUT2D eigenvalue weighted by Gasteiger charge is 2.22. The molecule has 6 rings (SSSR count). The molecule has 0 bridgehead atoms. The maximum atomic E-state index is 13.3. The Morgan fingerprint density at radius 3 is 2.60 bits per heavy atom. The van der Waals surface area contributed by atoms with E-state index in [0.717, 1.165) is 12.0 Å². The molecule has 1 fully saturated rings. The Hall–Kier alpha value is -4.49. The molecule has 244 valence electrons. The molecule has 0 aliphatic carbocycles. The molecule has 1 atom stereocenters. The van der Waals surface area contributed by atoms with Crippen molar-refractivity contribution in [1.82, 2.24) is 40.1 Å². The summed E-state index contributed by atoms with van der Waals surface area (Å²) in [5.74, 6) is 0.569.